The Morgan fingerprint density at radius 2 is 2.21 bits per heavy atom. The van der Waals surface area contributed by atoms with Gasteiger partial charge in [-0.1, -0.05) is 17.7 Å². The summed E-state index contributed by atoms with van der Waals surface area (Å²) in [4.78, 5) is 13.6. The molecule has 1 aliphatic rings. The van der Waals surface area contributed by atoms with Crippen molar-refractivity contribution in [2.24, 2.45) is 5.92 Å². The molecule has 0 spiro atoms. The minimum Gasteiger partial charge on any atom is -0.303 e. The van der Waals surface area contributed by atoms with Crippen LogP contribution in [0.3, 0.4) is 0 Å². The summed E-state index contributed by atoms with van der Waals surface area (Å²) in [5, 5.41) is 0.129. The monoisotopic (exact) mass is 283 g/mol. The Hall–Kier alpha value is -0.930. The smallest absolute Gasteiger partial charge is 0.141 e. The molecule has 0 aromatic heterocycles. The van der Waals surface area contributed by atoms with E-state index in [4.69, 9.17) is 11.6 Å². The van der Waals surface area contributed by atoms with Crippen LogP contribution < -0.4 is 0 Å². The molecule has 0 bridgehead atoms. The summed E-state index contributed by atoms with van der Waals surface area (Å²) in [5.74, 6) is -0.312. The van der Waals surface area contributed by atoms with Gasteiger partial charge < -0.3 is 9.69 Å². The van der Waals surface area contributed by atoms with Gasteiger partial charge in [0.15, 0.2) is 0 Å². The lowest BCUT2D eigenvalue weighted by Gasteiger charge is -2.38. The molecule has 1 aromatic carbocycles. The van der Waals surface area contributed by atoms with Gasteiger partial charge in [-0.05, 0) is 44.5 Å². The highest BCUT2D eigenvalue weighted by atomic mass is 35.5. The molecule has 19 heavy (non-hydrogen) atoms. The lowest BCUT2D eigenvalue weighted by Crippen LogP contribution is -2.43. The average molecular weight is 284 g/mol. The summed E-state index contributed by atoms with van der Waals surface area (Å²) in [6.45, 7) is 6.06. The largest absolute Gasteiger partial charge is 0.303 e. The van der Waals surface area contributed by atoms with Crippen LogP contribution in [0, 0.1) is 11.7 Å². The van der Waals surface area contributed by atoms with Crippen LogP contribution in [0.5, 0.6) is 0 Å². The van der Waals surface area contributed by atoms with Gasteiger partial charge in [-0.15, -0.1) is 0 Å². The topological polar surface area (TPSA) is 20.3 Å². The van der Waals surface area contributed by atoms with Crippen molar-refractivity contribution in [3.05, 3.63) is 34.6 Å². The molecule has 1 saturated heterocycles. The molecule has 4 heteroatoms. The number of halogens is 2. The van der Waals surface area contributed by atoms with Crippen molar-refractivity contribution >= 4 is 17.9 Å². The van der Waals surface area contributed by atoms with Crippen LogP contribution >= 0.6 is 11.6 Å². The van der Waals surface area contributed by atoms with E-state index in [-0.39, 0.29) is 16.9 Å². The quantitative estimate of drug-likeness (QED) is 0.792. The third kappa shape index (κ3) is 3.15. The summed E-state index contributed by atoms with van der Waals surface area (Å²) in [7, 11) is 0. The Labute approximate surface area is 118 Å². The Balaban J connectivity index is 2.26. The van der Waals surface area contributed by atoms with E-state index in [0.29, 0.717) is 6.04 Å². The van der Waals surface area contributed by atoms with Crippen molar-refractivity contribution in [3.63, 3.8) is 0 Å². The third-order valence-corrected chi connectivity index (χ3v) is 4.26. The van der Waals surface area contributed by atoms with E-state index in [1.165, 1.54) is 6.07 Å². The summed E-state index contributed by atoms with van der Waals surface area (Å²) in [5.41, 5.74) is 0.953. The van der Waals surface area contributed by atoms with Crippen LogP contribution in [0.4, 0.5) is 4.39 Å². The first-order valence-corrected chi connectivity index (χ1v) is 7.05. The molecular formula is C15H19ClFNO. The molecule has 104 valence electrons. The normalized spacial score (nSPS) is 24.7. The Kier molecular flexibility index (Phi) is 4.58. The van der Waals surface area contributed by atoms with Crippen molar-refractivity contribution in [2.45, 2.75) is 32.2 Å². The molecule has 0 N–H and O–H groups in total. The SMILES string of the molecule is CC(C)N1CC[C@@H](C=O)[C@H](c2ccc(F)c(Cl)c2)C1. The van der Waals surface area contributed by atoms with Gasteiger partial charge >= 0.3 is 0 Å². The molecule has 1 aromatic rings. The molecule has 1 fully saturated rings. The number of benzene rings is 1. The number of hydrogen-bond donors (Lipinski definition) is 0. The van der Waals surface area contributed by atoms with Gasteiger partial charge in [0.05, 0.1) is 5.02 Å². The number of carbonyl (C=O) groups is 1. The molecule has 2 atom stereocenters. The summed E-state index contributed by atoms with van der Waals surface area (Å²) in [6.07, 6.45) is 1.88. The molecule has 2 nitrogen and oxygen atoms in total. The molecule has 0 unspecified atom stereocenters. The van der Waals surface area contributed by atoms with Crippen molar-refractivity contribution in [3.8, 4) is 0 Å². The van der Waals surface area contributed by atoms with Gasteiger partial charge in [-0.3, -0.25) is 0 Å². The maximum absolute atomic E-state index is 13.2. The Bertz CT molecular complexity index is 463. The fourth-order valence-electron chi connectivity index (χ4n) is 2.72. The zero-order valence-corrected chi connectivity index (χ0v) is 12.0. The Morgan fingerprint density at radius 1 is 1.47 bits per heavy atom. The minimum absolute atomic E-state index is 0.00321. The van der Waals surface area contributed by atoms with E-state index < -0.39 is 5.82 Å². The first kappa shape index (κ1) is 14.5. The number of rotatable bonds is 3. The average Bonchev–Trinajstić information content (AvgIpc) is 2.41. The minimum atomic E-state index is -0.412. The predicted molar refractivity (Wildman–Crippen MR) is 75.0 cm³/mol. The van der Waals surface area contributed by atoms with Gasteiger partial charge in [0.25, 0.3) is 0 Å². The zero-order valence-electron chi connectivity index (χ0n) is 11.3. The van der Waals surface area contributed by atoms with Gasteiger partial charge in [0.2, 0.25) is 0 Å². The molecular weight excluding hydrogens is 265 g/mol. The lowest BCUT2D eigenvalue weighted by atomic mass is 9.81. The number of hydrogen-bond acceptors (Lipinski definition) is 2. The molecule has 0 aliphatic carbocycles. The van der Waals surface area contributed by atoms with E-state index in [0.717, 1.165) is 31.4 Å². The van der Waals surface area contributed by atoms with Crippen molar-refractivity contribution < 1.29 is 9.18 Å². The standard InChI is InChI=1S/C15H19ClFNO/c1-10(2)18-6-5-12(9-19)13(8-18)11-3-4-15(17)14(16)7-11/h3-4,7,9-10,12-13H,5-6,8H2,1-2H3/t12-,13-/m0/s1. The fourth-order valence-corrected chi connectivity index (χ4v) is 2.91. The van der Waals surface area contributed by atoms with Crippen molar-refractivity contribution in [2.75, 3.05) is 13.1 Å². The maximum atomic E-state index is 13.2. The number of likely N-dealkylation sites (tertiary alicyclic amines) is 1. The fraction of sp³-hybridized carbons (Fsp3) is 0.533. The summed E-state index contributed by atoms with van der Waals surface area (Å²) >= 11 is 5.85. The Morgan fingerprint density at radius 3 is 2.79 bits per heavy atom. The van der Waals surface area contributed by atoms with Crippen molar-refractivity contribution in [1.29, 1.82) is 0 Å². The third-order valence-electron chi connectivity index (χ3n) is 3.97. The second-order valence-corrected chi connectivity index (χ2v) is 5.86. The highest BCUT2D eigenvalue weighted by Gasteiger charge is 2.31. The van der Waals surface area contributed by atoms with E-state index in [1.807, 2.05) is 0 Å². The summed E-state index contributed by atoms with van der Waals surface area (Å²) < 4.78 is 13.2. The first-order valence-electron chi connectivity index (χ1n) is 6.67. The second-order valence-electron chi connectivity index (χ2n) is 5.46. The van der Waals surface area contributed by atoms with Gasteiger partial charge in [-0.2, -0.15) is 0 Å². The van der Waals surface area contributed by atoms with Gasteiger partial charge in [0.1, 0.15) is 12.1 Å². The molecule has 1 aliphatic heterocycles. The molecule has 1 heterocycles. The highest BCUT2D eigenvalue weighted by molar-refractivity contribution is 6.30. The number of nitrogens with zero attached hydrogens (tertiary/aromatic N) is 1. The van der Waals surface area contributed by atoms with Crippen LogP contribution in [-0.4, -0.2) is 30.3 Å². The lowest BCUT2D eigenvalue weighted by molar-refractivity contribution is -0.113. The molecule has 0 saturated carbocycles. The predicted octanol–water partition coefficient (Wildman–Crippen LogP) is 3.49. The van der Waals surface area contributed by atoms with Crippen LogP contribution in [0.25, 0.3) is 0 Å². The maximum Gasteiger partial charge on any atom is 0.141 e. The van der Waals surface area contributed by atoms with Gasteiger partial charge in [-0.25, -0.2) is 4.39 Å². The molecule has 0 amide bonds. The number of carbonyl (C=O) groups excluding carboxylic acids is 1. The van der Waals surface area contributed by atoms with Crippen LogP contribution in [0.2, 0.25) is 5.02 Å². The highest BCUT2D eigenvalue weighted by Crippen LogP contribution is 2.33. The van der Waals surface area contributed by atoms with Crippen LogP contribution in [0.15, 0.2) is 18.2 Å². The van der Waals surface area contributed by atoms with E-state index in [2.05, 4.69) is 18.7 Å². The number of piperidine rings is 1. The molecule has 2 rings (SSSR count). The van der Waals surface area contributed by atoms with E-state index in [9.17, 15) is 9.18 Å². The zero-order chi connectivity index (χ0) is 14.0. The first-order chi connectivity index (χ1) is 9.02. The van der Waals surface area contributed by atoms with Gasteiger partial charge in [0, 0.05) is 24.4 Å². The molecule has 0 radical (unpaired) electrons. The van der Waals surface area contributed by atoms with Crippen LogP contribution in [-0.2, 0) is 4.79 Å². The van der Waals surface area contributed by atoms with Crippen molar-refractivity contribution in [1.82, 2.24) is 4.90 Å². The second kappa shape index (κ2) is 6.02. The van der Waals surface area contributed by atoms with Crippen LogP contribution in [0.1, 0.15) is 31.7 Å². The van der Waals surface area contributed by atoms with E-state index >= 15 is 0 Å². The summed E-state index contributed by atoms with van der Waals surface area (Å²) in [6, 6.07) is 5.23. The number of aldehydes is 1. The van der Waals surface area contributed by atoms with E-state index in [1.54, 1.807) is 12.1 Å².